The molecule has 1 rings (SSSR count). The van der Waals surface area contributed by atoms with Crippen LogP contribution >= 0.6 is 0 Å². The van der Waals surface area contributed by atoms with Gasteiger partial charge in [-0.25, -0.2) is 0 Å². The number of ether oxygens (including phenoxy) is 1. The lowest BCUT2D eigenvalue weighted by Gasteiger charge is -2.33. The van der Waals surface area contributed by atoms with E-state index in [1.807, 2.05) is 19.2 Å². The highest BCUT2D eigenvalue weighted by Crippen LogP contribution is 2.35. The van der Waals surface area contributed by atoms with Crippen LogP contribution in [0.2, 0.25) is 0 Å². The van der Waals surface area contributed by atoms with Crippen LogP contribution in [-0.4, -0.2) is 38.5 Å². The summed E-state index contributed by atoms with van der Waals surface area (Å²) in [5.41, 5.74) is 2.35. The van der Waals surface area contributed by atoms with Crippen LogP contribution in [0.1, 0.15) is 38.8 Å². The molecule has 0 fully saturated rings. The predicted molar refractivity (Wildman–Crippen MR) is 84.7 cm³/mol. The number of rotatable bonds is 8. The summed E-state index contributed by atoms with van der Waals surface area (Å²) in [4.78, 5) is 2.32. The second kappa shape index (κ2) is 8.12. The molecule has 0 saturated heterocycles. The molecular weight excluding hydrogens is 252 g/mol. The Bertz CT molecular complexity index is 407. The van der Waals surface area contributed by atoms with Crippen LogP contribution in [0, 0.1) is 0 Å². The van der Waals surface area contributed by atoms with Crippen LogP contribution in [0.3, 0.4) is 0 Å². The number of benzene rings is 1. The Morgan fingerprint density at radius 3 is 2.50 bits per heavy atom. The van der Waals surface area contributed by atoms with Gasteiger partial charge in [-0.1, -0.05) is 6.07 Å². The number of aliphatic hydroxyl groups excluding tert-OH is 1. The highest BCUT2D eigenvalue weighted by atomic mass is 16.5. The topological polar surface area (TPSA) is 44.7 Å². The van der Waals surface area contributed by atoms with Gasteiger partial charge in [-0.05, 0) is 46.4 Å². The van der Waals surface area contributed by atoms with Crippen molar-refractivity contribution in [1.82, 2.24) is 5.32 Å². The number of hydrogen-bond donors (Lipinski definition) is 2. The van der Waals surface area contributed by atoms with E-state index in [-0.39, 0.29) is 12.6 Å². The smallest absolute Gasteiger partial charge is 0.125 e. The standard InChI is InChI=1S/C16H28N2O2/c1-12(2)18(10-7-11-19)14-8-6-9-15(20-5)16(14)13(3)17-4/h6,8-9,12-13,17,19H,7,10-11H2,1-5H3. The molecule has 0 aliphatic carbocycles. The van der Waals surface area contributed by atoms with Gasteiger partial charge in [0.15, 0.2) is 0 Å². The molecule has 0 bridgehead atoms. The first-order valence-electron chi connectivity index (χ1n) is 7.28. The maximum atomic E-state index is 9.11. The minimum atomic E-state index is 0.205. The Morgan fingerprint density at radius 1 is 1.30 bits per heavy atom. The molecule has 0 spiro atoms. The summed E-state index contributed by atoms with van der Waals surface area (Å²) in [6.07, 6.45) is 0.767. The van der Waals surface area contributed by atoms with E-state index in [9.17, 15) is 0 Å². The molecule has 1 aromatic carbocycles. The summed E-state index contributed by atoms with van der Waals surface area (Å²) < 4.78 is 5.53. The largest absolute Gasteiger partial charge is 0.496 e. The minimum absolute atomic E-state index is 0.205. The van der Waals surface area contributed by atoms with Crippen LogP contribution in [0.4, 0.5) is 5.69 Å². The van der Waals surface area contributed by atoms with Crippen molar-refractivity contribution in [2.45, 2.75) is 39.3 Å². The van der Waals surface area contributed by atoms with E-state index in [1.54, 1.807) is 7.11 Å². The fourth-order valence-electron chi connectivity index (χ4n) is 2.44. The summed E-state index contributed by atoms with van der Waals surface area (Å²) in [6, 6.07) is 6.72. The molecule has 0 amide bonds. The van der Waals surface area contributed by atoms with Crippen LogP contribution in [0.15, 0.2) is 18.2 Å². The third-order valence-electron chi connectivity index (χ3n) is 3.62. The van der Waals surface area contributed by atoms with E-state index in [2.05, 4.69) is 37.1 Å². The second-order valence-electron chi connectivity index (χ2n) is 5.27. The van der Waals surface area contributed by atoms with Gasteiger partial charge in [0.2, 0.25) is 0 Å². The summed E-state index contributed by atoms with van der Waals surface area (Å²) in [6.45, 7) is 7.52. The van der Waals surface area contributed by atoms with Crippen LogP contribution < -0.4 is 15.0 Å². The zero-order valence-corrected chi connectivity index (χ0v) is 13.3. The molecule has 114 valence electrons. The van der Waals surface area contributed by atoms with E-state index in [0.29, 0.717) is 6.04 Å². The molecule has 2 N–H and O–H groups in total. The van der Waals surface area contributed by atoms with Crippen LogP contribution in [0.5, 0.6) is 5.75 Å². The number of hydrogen-bond acceptors (Lipinski definition) is 4. The van der Waals surface area contributed by atoms with Gasteiger partial charge in [0, 0.05) is 36.5 Å². The van der Waals surface area contributed by atoms with Gasteiger partial charge < -0.3 is 20.1 Å². The predicted octanol–water partition coefficient (Wildman–Crippen LogP) is 2.57. The van der Waals surface area contributed by atoms with E-state index in [1.165, 1.54) is 11.3 Å². The van der Waals surface area contributed by atoms with Crippen molar-refractivity contribution >= 4 is 5.69 Å². The van der Waals surface area contributed by atoms with Gasteiger partial charge in [0.1, 0.15) is 5.75 Å². The van der Waals surface area contributed by atoms with Crippen molar-refractivity contribution in [3.63, 3.8) is 0 Å². The van der Waals surface area contributed by atoms with Gasteiger partial charge >= 0.3 is 0 Å². The van der Waals surface area contributed by atoms with Crippen LogP contribution in [0.25, 0.3) is 0 Å². The monoisotopic (exact) mass is 280 g/mol. The first-order valence-corrected chi connectivity index (χ1v) is 7.28. The minimum Gasteiger partial charge on any atom is -0.496 e. The van der Waals surface area contributed by atoms with E-state index in [0.717, 1.165) is 18.7 Å². The Labute approximate surface area is 122 Å². The average Bonchev–Trinajstić information content (AvgIpc) is 2.46. The van der Waals surface area contributed by atoms with Crippen molar-refractivity contribution in [1.29, 1.82) is 0 Å². The van der Waals surface area contributed by atoms with Crippen molar-refractivity contribution in [3.8, 4) is 5.75 Å². The molecular formula is C16H28N2O2. The molecule has 4 heteroatoms. The normalized spacial score (nSPS) is 12.6. The highest BCUT2D eigenvalue weighted by molar-refractivity contribution is 5.61. The molecule has 0 aliphatic heterocycles. The lowest BCUT2D eigenvalue weighted by atomic mass is 10.0. The molecule has 1 unspecified atom stereocenters. The number of nitrogens with one attached hydrogen (secondary N) is 1. The summed E-state index contributed by atoms with van der Waals surface area (Å²) >= 11 is 0. The molecule has 0 radical (unpaired) electrons. The van der Waals surface area contributed by atoms with Gasteiger partial charge in [-0.2, -0.15) is 0 Å². The number of nitrogens with zero attached hydrogens (tertiary/aromatic N) is 1. The highest BCUT2D eigenvalue weighted by Gasteiger charge is 2.20. The van der Waals surface area contributed by atoms with Crippen LogP contribution in [-0.2, 0) is 0 Å². The number of anilines is 1. The van der Waals surface area contributed by atoms with Crippen molar-refractivity contribution in [2.24, 2.45) is 0 Å². The fraction of sp³-hybridized carbons (Fsp3) is 0.625. The van der Waals surface area contributed by atoms with Gasteiger partial charge in [-0.15, -0.1) is 0 Å². The first-order chi connectivity index (χ1) is 9.56. The van der Waals surface area contributed by atoms with Gasteiger partial charge in [0.25, 0.3) is 0 Å². The lowest BCUT2D eigenvalue weighted by molar-refractivity contribution is 0.288. The van der Waals surface area contributed by atoms with E-state index in [4.69, 9.17) is 9.84 Å². The molecule has 1 aromatic rings. The molecule has 0 saturated carbocycles. The molecule has 0 heterocycles. The zero-order valence-electron chi connectivity index (χ0n) is 13.3. The summed E-state index contributed by atoms with van der Waals surface area (Å²) in [5, 5.41) is 12.4. The van der Waals surface area contributed by atoms with E-state index >= 15 is 0 Å². The Hall–Kier alpha value is -1.26. The zero-order chi connectivity index (χ0) is 15.1. The molecule has 20 heavy (non-hydrogen) atoms. The van der Waals surface area contributed by atoms with Crippen molar-refractivity contribution < 1.29 is 9.84 Å². The third kappa shape index (κ3) is 3.87. The average molecular weight is 280 g/mol. The number of methoxy groups -OCH3 is 1. The maximum absolute atomic E-state index is 9.11. The summed E-state index contributed by atoms with van der Waals surface area (Å²) in [7, 11) is 3.66. The molecule has 1 atom stereocenters. The van der Waals surface area contributed by atoms with Gasteiger partial charge in [-0.3, -0.25) is 0 Å². The van der Waals surface area contributed by atoms with Gasteiger partial charge in [0.05, 0.1) is 7.11 Å². The quantitative estimate of drug-likeness (QED) is 0.768. The van der Waals surface area contributed by atoms with Crippen molar-refractivity contribution in [2.75, 3.05) is 32.2 Å². The Balaban J connectivity index is 3.25. The van der Waals surface area contributed by atoms with E-state index < -0.39 is 0 Å². The molecule has 0 aliphatic rings. The lowest BCUT2D eigenvalue weighted by Crippen LogP contribution is -2.34. The number of aliphatic hydroxyl groups is 1. The first kappa shape index (κ1) is 16.8. The van der Waals surface area contributed by atoms with Crippen molar-refractivity contribution in [3.05, 3.63) is 23.8 Å². The SMILES string of the molecule is CNC(C)c1c(OC)cccc1N(CCCO)C(C)C. The Morgan fingerprint density at radius 2 is 2.00 bits per heavy atom. The third-order valence-corrected chi connectivity index (χ3v) is 3.62. The Kier molecular flexibility index (Phi) is 6.82. The second-order valence-corrected chi connectivity index (χ2v) is 5.27. The maximum Gasteiger partial charge on any atom is 0.125 e. The molecule has 4 nitrogen and oxygen atoms in total. The fourth-order valence-corrected chi connectivity index (χ4v) is 2.44. The summed E-state index contributed by atoms with van der Waals surface area (Å²) in [5.74, 6) is 0.902. The molecule has 0 aromatic heterocycles.